The number of halogens is 1. The quantitative estimate of drug-likeness (QED) is 0.827. The van der Waals surface area contributed by atoms with Gasteiger partial charge < -0.3 is 15.5 Å². The maximum absolute atomic E-state index is 12.5. The predicted molar refractivity (Wildman–Crippen MR) is 90.1 cm³/mol. The van der Waals surface area contributed by atoms with Gasteiger partial charge >= 0.3 is 0 Å². The molecule has 2 amide bonds. The molecule has 5 nitrogen and oxygen atoms in total. The largest absolute Gasteiger partial charge is 0.350 e. The van der Waals surface area contributed by atoms with Crippen molar-refractivity contribution < 1.29 is 9.59 Å². The lowest BCUT2D eigenvalue weighted by molar-refractivity contribution is -0.140. The Morgan fingerprint density at radius 2 is 1.95 bits per heavy atom. The standard InChI is InChI=1S/C16H29N3O2.ClH/c1-16(2,3)10-14(20)19-9-5-7-13(19)15(21)18-12-6-4-8-17-11-12;/h12-13,17H,4-11H2,1-3H3,(H,18,21);1H. The molecule has 2 heterocycles. The Morgan fingerprint density at radius 1 is 1.23 bits per heavy atom. The topological polar surface area (TPSA) is 61.4 Å². The second kappa shape index (κ2) is 8.16. The van der Waals surface area contributed by atoms with E-state index in [2.05, 4.69) is 31.4 Å². The molecule has 0 bridgehead atoms. The van der Waals surface area contributed by atoms with Crippen LogP contribution in [0.25, 0.3) is 0 Å². The van der Waals surface area contributed by atoms with Crippen molar-refractivity contribution in [2.75, 3.05) is 19.6 Å². The maximum atomic E-state index is 12.5. The molecule has 0 spiro atoms. The Bertz CT molecular complexity index is 389. The third-order valence-electron chi connectivity index (χ3n) is 4.20. The fourth-order valence-corrected chi connectivity index (χ4v) is 3.17. The Morgan fingerprint density at radius 3 is 2.55 bits per heavy atom. The highest BCUT2D eigenvalue weighted by Gasteiger charge is 2.35. The zero-order chi connectivity index (χ0) is 15.5. The Kier molecular flexibility index (Phi) is 7.13. The first-order valence-corrected chi connectivity index (χ1v) is 8.17. The van der Waals surface area contributed by atoms with Crippen LogP contribution in [0.4, 0.5) is 0 Å². The van der Waals surface area contributed by atoms with E-state index in [-0.39, 0.29) is 41.7 Å². The van der Waals surface area contributed by atoms with Gasteiger partial charge in [0.15, 0.2) is 0 Å². The first-order valence-electron chi connectivity index (χ1n) is 8.17. The molecule has 2 atom stereocenters. The number of carbonyl (C=O) groups excluding carboxylic acids is 2. The SMILES string of the molecule is CC(C)(C)CC(=O)N1CCCC1C(=O)NC1CCCNC1.Cl. The zero-order valence-electron chi connectivity index (χ0n) is 14.0. The minimum absolute atomic E-state index is 0. The molecule has 0 aromatic carbocycles. The monoisotopic (exact) mass is 331 g/mol. The maximum Gasteiger partial charge on any atom is 0.243 e. The van der Waals surface area contributed by atoms with Gasteiger partial charge in [0.25, 0.3) is 0 Å². The summed E-state index contributed by atoms with van der Waals surface area (Å²) in [5.74, 6) is 0.144. The second-order valence-electron chi connectivity index (χ2n) is 7.53. The molecule has 2 aliphatic rings. The van der Waals surface area contributed by atoms with Gasteiger partial charge in [0.2, 0.25) is 11.8 Å². The van der Waals surface area contributed by atoms with Gasteiger partial charge in [-0.2, -0.15) is 0 Å². The van der Waals surface area contributed by atoms with Crippen molar-refractivity contribution in [3.63, 3.8) is 0 Å². The van der Waals surface area contributed by atoms with Crippen LogP contribution in [0.3, 0.4) is 0 Å². The summed E-state index contributed by atoms with van der Waals surface area (Å²) in [6, 6.07) is -0.0480. The molecule has 2 rings (SSSR count). The summed E-state index contributed by atoms with van der Waals surface area (Å²) >= 11 is 0. The fraction of sp³-hybridized carbons (Fsp3) is 0.875. The number of carbonyl (C=O) groups is 2. The van der Waals surface area contributed by atoms with E-state index in [0.29, 0.717) is 6.42 Å². The van der Waals surface area contributed by atoms with E-state index in [1.165, 1.54) is 0 Å². The van der Waals surface area contributed by atoms with Gasteiger partial charge in [0.05, 0.1) is 0 Å². The normalized spacial score (nSPS) is 25.5. The molecule has 0 aromatic rings. The molecule has 6 heteroatoms. The minimum atomic E-state index is -0.262. The van der Waals surface area contributed by atoms with E-state index in [1.807, 2.05) is 0 Å². The van der Waals surface area contributed by atoms with Crippen molar-refractivity contribution in [3.8, 4) is 0 Å². The van der Waals surface area contributed by atoms with E-state index < -0.39 is 0 Å². The third-order valence-corrected chi connectivity index (χ3v) is 4.20. The summed E-state index contributed by atoms with van der Waals surface area (Å²) in [6.07, 6.45) is 4.35. The molecular formula is C16H30ClN3O2. The second-order valence-corrected chi connectivity index (χ2v) is 7.53. The van der Waals surface area contributed by atoms with Gasteiger partial charge in [-0.1, -0.05) is 20.8 Å². The van der Waals surface area contributed by atoms with Crippen LogP contribution in [0.2, 0.25) is 0 Å². The first-order chi connectivity index (χ1) is 9.87. The molecule has 2 aliphatic heterocycles. The first kappa shape index (κ1) is 19.2. The van der Waals surface area contributed by atoms with Crippen LogP contribution in [-0.2, 0) is 9.59 Å². The number of nitrogens with one attached hydrogen (secondary N) is 2. The summed E-state index contributed by atoms with van der Waals surface area (Å²) in [4.78, 5) is 26.7. The summed E-state index contributed by atoms with van der Waals surface area (Å²) in [5.41, 5.74) is -0.0337. The van der Waals surface area contributed by atoms with E-state index in [0.717, 1.165) is 45.3 Å². The van der Waals surface area contributed by atoms with Crippen molar-refractivity contribution in [3.05, 3.63) is 0 Å². The van der Waals surface area contributed by atoms with Crippen molar-refractivity contribution in [2.24, 2.45) is 5.41 Å². The highest BCUT2D eigenvalue weighted by molar-refractivity contribution is 5.88. The number of hydrogen-bond acceptors (Lipinski definition) is 3. The van der Waals surface area contributed by atoms with E-state index in [4.69, 9.17) is 0 Å². The third kappa shape index (κ3) is 5.43. The van der Waals surface area contributed by atoms with Crippen molar-refractivity contribution in [2.45, 2.75) is 65.0 Å². The van der Waals surface area contributed by atoms with E-state index in [9.17, 15) is 9.59 Å². The van der Waals surface area contributed by atoms with Crippen molar-refractivity contribution in [1.29, 1.82) is 0 Å². The average molecular weight is 332 g/mol. The number of piperidine rings is 1. The highest BCUT2D eigenvalue weighted by atomic mass is 35.5. The summed E-state index contributed by atoms with van der Waals surface area (Å²) in [5, 5.41) is 6.41. The molecule has 0 saturated carbocycles. The molecule has 0 aliphatic carbocycles. The van der Waals surface area contributed by atoms with Gasteiger partial charge in [-0.3, -0.25) is 9.59 Å². The summed E-state index contributed by atoms with van der Waals surface area (Å²) in [7, 11) is 0. The smallest absolute Gasteiger partial charge is 0.243 e. The number of hydrogen-bond donors (Lipinski definition) is 2. The number of likely N-dealkylation sites (tertiary alicyclic amines) is 1. The Balaban J connectivity index is 0.00000242. The zero-order valence-corrected chi connectivity index (χ0v) is 14.8. The van der Waals surface area contributed by atoms with Gasteiger partial charge in [-0.05, 0) is 37.6 Å². The Hall–Kier alpha value is -0.810. The summed E-state index contributed by atoms with van der Waals surface area (Å²) in [6.45, 7) is 8.77. The molecule has 0 aromatic heterocycles. The predicted octanol–water partition coefficient (Wildman–Crippen LogP) is 1.70. The van der Waals surface area contributed by atoms with Crippen LogP contribution in [0.15, 0.2) is 0 Å². The molecule has 22 heavy (non-hydrogen) atoms. The summed E-state index contributed by atoms with van der Waals surface area (Å²) < 4.78 is 0. The van der Waals surface area contributed by atoms with Gasteiger partial charge in [-0.15, -0.1) is 12.4 Å². The molecule has 2 fully saturated rings. The van der Waals surface area contributed by atoms with Crippen LogP contribution in [-0.4, -0.2) is 48.4 Å². The van der Waals surface area contributed by atoms with Crippen LogP contribution < -0.4 is 10.6 Å². The van der Waals surface area contributed by atoms with E-state index in [1.54, 1.807) is 4.90 Å². The van der Waals surface area contributed by atoms with Crippen LogP contribution in [0.5, 0.6) is 0 Å². The molecule has 2 unspecified atom stereocenters. The van der Waals surface area contributed by atoms with Crippen molar-refractivity contribution in [1.82, 2.24) is 15.5 Å². The average Bonchev–Trinajstić information content (AvgIpc) is 2.87. The molecule has 0 radical (unpaired) electrons. The fourth-order valence-electron chi connectivity index (χ4n) is 3.17. The molecular weight excluding hydrogens is 302 g/mol. The molecule has 2 N–H and O–H groups in total. The lowest BCUT2D eigenvalue weighted by atomic mass is 9.91. The van der Waals surface area contributed by atoms with Gasteiger partial charge in [-0.25, -0.2) is 0 Å². The number of nitrogens with zero attached hydrogens (tertiary/aromatic N) is 1. The van der Waals surface area contributed by atoms with Crippen LogP contribution in [0.1, 0.15) is 52.9 Å². The lowest BCUT2D eigenvalue weighted by Crippen LogP contribution is -2.52. The van der Waals surface area contributed by atoms with E-state index >= 15 is 0 Å². The van der Waals surface area contributed by atoms with Gasteiger partial charge in [0.1, 0.15) is 6.04 Å². The number of amides is 2. The number of rotatable bonds is 3. The molecule has 128 valence electrons. The molecule has 2 saturated heterocycles. The van der Waals surface area contributed by atoms with Crippen LogP contribution in [0, 0.1) is 5.41 Å². The minimum Gasteiger partial charge on any atom is -0.350 e. The van der Waals surface area contributed by atoms with Crippen molar-refractivity contribution >= 4 is 24.2 Å². The van der Waals surface area contributed by atoms with Crippen LogP contribution >= 0.6 is 12.4 Å². The highest BCUT2D eigenvalue weighted by Crippen LogP contribution is 2.25. The van der Waals surface area contributed by atoms with Gasteiger partial charge in [0, 0.05) is 25.6 Å². The lowest BCUT2D eigenvalue weighted by Gasteiger charge is -2.30. The Labute approximate surface area is 140 Å².